The molecule has 3 nitrogen and oxygen atoms in total. The van der Waals surface area contributed by atoms with E-state index in [9.17, 15) is 0 Å². The minimum Gasteiger partial charge on any atom is -0.383 e. The molecule has 1 atom stereocenters. The lowest BCUT2D eigenvalue weighted by atomic mass is 10.1. The zero-order valence-corrected chi connectivity index (χ0v) is 13.8. The first-order valence-corrected chi connectivity index (χ1v) is 8.18. The predicted octanol–water partition coefficient (Wildman–Crippen LogP) is 3.97. The molecule has 0 fully saturated rings. The van der Waals surface area contributed by atoms with Crippen molar-refractivity contribution in [3.8, 4) is 0 Å². The van der Waals surface area contributed by atoms with E-state index in [1.165, 1.54) is 16.0 Å². The fraction of sp³-hybridized carbons (Fsp3) is 0.412. The van der Waals surface area contributed by atoms with Gasteiger partial charge in [-0.3, -0.25) is 0 Å². The van der Waals surface area contributed by atoms with Crippen LogP contribution in [-0.2, 0) is 11.3 Å². The molecule has 1 heterocycles. The molecule has 114 valence electrons. The van der Waals surface area contributed by atoms with Gasteiger partial charge in [0.2, 0.25) is 0 Å². The van der Waals surface area contributed by atoms with Crippen LogP contribution in [-0.4, -0.2) is 20.3 Å². The van der Waals surface area contributed by atoms with Crippen molar-refractivity contribution in [3.05, 3.63) is 51.7 Å². The third-order valence-electron chi connectivity index (χ3n) is 3.50. The lowest BCUT2D eigenvalue weighted by Crippen LogP contribution is -2.17. The molecule has 0 amide bonds. The molecule has 1 aromatic heterocycles. The van der Waals surface area contributed by atoms with Gasteiger partial charge >= 0.3 is 0 Å². The van der Waals surface area contributed by atoms with Crippen LogP contribution >= 0.6 is 11.3 Å². The first kappa shape index (κ1) is 16.0. The van der Waals surface area contributed by atoms with Crippen molar-refractivity contribution in [2.24, 2.45) is 0 Å². The standard InChI is InChI=1S/C17H24N2OS/c1-13-8-11-21-17(13)14(2)19-12-15-4-6-16(7-5-15)18-9-10-20-3/h4-8,11,14,18-19H,9-10,12H2,1-3H3. The van der Waals surface area contributed by atoms with E-state index in [1.54, 1.807) is 7.11 Å². The normalized spacial score (nSPS) is 12.3. The summed E-state index contributed by atoms with van der Waals surface area (Å²) < 4.78 is 5.03. The Bertz CT molecular complexity index is 536. The summed E-state index contributed by atoms with van der Waals surface area (Å²) in [5.41, 5.74) is 3.81. The number of hydrogen-bond acceptors (Lipinski definition) is 4. The largest absolute Gasteiger partial charge is 0.383 e. The smallest absolute Gasteiger partial charge is 0.0635 e. The molecule has 1 unspecified atom stereocenters. The van der Waals surface area contributed by atoms with E-state index in [0.717, 1.165) is 25.4 Å². The van der Waals surface area contributed by atoms with Gasteiger partial charge in [-0.15, -0.1) is 11.3 Å². The Morgan fingerprint density at radius 2 is 1.95 bits per heavy atom. The van der Waals surface area contributed by atoms with Crippen LogP contribution in [0.25, 0.3) is 0 Å². The van der Waals surface area contributed by atoms with Crippen molar-refractivity contribution < 1.29 is 4.74 Å². The summed E-state index contributed by atoms with van der Waals surface area (Å²) in [4.78, 5) is 1.42. The lowest BCUT2D eigenvalue weighted by Gasteiger charge is -2.14. The third-order valence-corrected chi connectivity index (χ3v) is 4.70. The molecule has 0 aliphatic heterocycles. The molecule has 0 radical (unpaired) electrons. The molecule has 0 saturated carbocycles. The van der Waals surface area contributed by atoms with Crippen molar-refractivity contribution in [2.75, 3.05) is 25.6 Å². The Morgan fingerprint density at radius 1 is 1.19 bits per heavy atom. The predicted molar refractivity (Wildman–Crippen MR) is 91.1 cm³/mol. The highest BCUT2D eigenvalue weighted by Gasteiger charge is 2.08. The van der Waals surface area contributed by atoms with Crippen LogP contribution in [0.15, 0.2) is 35.7 Å². The first-order chi connectivity index (χ1) is 10.2. The summed E-state index contributed by atoms with van der Waals surface area (Å²) in [6, 6.07) is 11.1. The number of ether oxygens (including phenoxy) is 1. The van der Waals surface area contributed by atoms with Crippen LogP contribution in [0.4, 0.5) is 5.69 Å². The van der Waals surface area contributed by atoms with Crippen LogP contribution in [0.5, 0.6) is 0 Å². The number of hydrogen-bond donors (Lipinski definition) is 2. The molecule has 4 heteroatoms. The van der Waals surface area contributed by atoms with Gasteiger partial charge in [-0.2, -0.15) is 0 Å². The van der Waals surface area contributed by atoms with Gasteiger partial charge in [-0.25, -0.2) is 0 Å². The molecule has 0 spiro atoms. The Balaban J connectivity index is 1.82. The maximum Gasteiger partial charge on any atom is 0.0635 e. The highest BCUT2D eigenvalue weighted by molar-refractivity contribution is 7.10. The maximum absolute atomic E-state index is 5.03. The van der Waals surface area contributed by atoms with Gasteiger partial charge in [0.15, 0.2) is 0 Å². The lowest BCUT2D eigenvalue weighted by molar-refractivity contribution is 0.211. The molecular formula is C17H24N2OS. The van der Waals surface area contributed by atoms with Crippen molar-refractivity contribution in [2.45, 2.75) is 26.4 Å². The second-order valence-corrected chi connectivity index (χ2v) is 6.13. The molecule has 2 N–H and O–H groups in total. The van der Waals surface area contributed by atoms with Gasteiger partial charge in [-0.05, 0) is 48.6 Å². The second kappa shape index (κ2) is 8.17. The van der Waals surface area contributed by atoms with Crippen LogP contribution in [0.1, 0.15) is 29.0 Å². The van der Waals surface area contributed by atoms with Gasteiger partial charge in [0, 0.05) is 36.8 Å². The van der Waals surface area contributed by atoms with Crippen molar-refractivity contribution in [3.63, 3.8) is 0 Å². The quantitative estimate of drug-likeness (QED) is 0.724. The molecular weight excluding hydrogens is 280 g/mol. The minimum atomic E-state index is 0.393. The van der Waals surface area contributed by atoms with Gasteiger partial charge in [0.1, 0.15) is 0 Å². The highest BCUT2D eigenvalue weighted by atomic mass is 32.1. The third kappa shape index (κ3) is 4.84. The zero-order valence-electron chi connectivity index (χ0n) is 13.0. The van der Waals surface area contributed by atoms with E-state index in [1.807, 2.05) is 11.3 Å². The number of nitrogens with one attached hydrogen (secondary N) is 2. The van der Waals surface area contributed by atoms with Gasteiger partial charge in [0.25, 0.3) is 0 Å². The van der Waals surface area contributed by atoms with Crippen LogP contribution in [0.3, 0.4) is 0 Å². The molecule has 2 rings (SSSR count). The Labute approximate surface area is 131 Å². The number of thiophene rings is 1. The fourth-order valence-corrected chi connectivity index (χ4v) is 3.19. The van der Waals surface area contributed by atoms with Crippen molar-refractivity contribution >= 4 is 17.0 Å². The van der Waals surface area contributed by atoms with E-state index in [2.05, 4.69) is 60.2 Å². The molecule has 21 heavy (non-hydrogen) atoms. The number of benzene rings is 1. The number of rotatable bonds is 8. The summed E-state index contributed by atoms with van der Waals surface area (Å²) in [6.45, 7) is 6.84. The average molecular weight is 304 g/mol. The van der Waals surface area contributed by atoms with Crippen LogP contribution in [0.2, 0.25) is 0 Å². The number of methoxy groups -OCH3 is 1. The minimum absolute atomic E-state index is 0.393. The summed E-state index contributed by atoms with van der Waals surface area (Å²) in [7, 11) is 1.72. The highest BCUT2D eigenvalue weighted by Crippen LogP contribution is 2.23. The molecule has 2 aromatic rings. The molecule has 0 saturated heterocycles. The van der Waals surface area contributed by atoms with E-state index < -0.39 is 0 Å². The summed E-state index contributed by atoms with van der Waals surface area (Å²) in [6.07, 6.45) is 0. The van der Waals surface area contributed by atoms with E-state index >= 15 is 0 Å². The second-order valence-electron chi connectivity index (χ2n) is 5.19. The zero-order chi connectivity index (χ0) is 15.1. The van der Waals surface area contributed by atoms with Gasteiger partial charge in [-0.1, -0.05) is 12.1 Å². The topological polar surface area (TPSA) is 33.3 Å². The Morgan fingerprint density at radius 3 is 2.57 bits per heavy atom. The summed E-state index contributed by atoms with van der Waals surface area (Å²) in [5.74, 6) is 0. The van der Waals surface area contributed by atoms with Gasteiger partial charge < -0.3 is 15.4 Å². The summed E-state index contributed by atoms with van der Waals surface area (Å²) in [5, 5.41) is 9.06. The monoisotopic (exact) mass is 304 g/mol. The van der Waals surface area contributed by atoms with E-state index in [4.69, 9.17) is 4.74 Å². The number of anilines is 1. The summed E-state index contributed by atoms with van der Waals surface area (Å²) >= 11 is 1.82. The SMILES string of the molecule is COCCNc1ccc(CNC(C)c2sccc2C)cc1. The van der Waals surface area contributed by atoms with Crippen LogP contribution in [0, 0.1) is 6.92 Å². The average Bonchev–Trinajstić information content (AvgIpc) is 2.92. The first-order valence-electron chi connectivity index (χ1n) is 7.30. The van der Waals surface area contributed by atoms with Crippen molar-refractivity contribution in [1.29, 1.82) is 0 Å². The van der Waals surface area contributed by atoms with Crippen LogP contribution < -0.4 is 10.6 Å². The van der Waals surface area contributed by atoms with Gasteiger partial charge in [0.05, 0.1) is 6.61 Å². The van der Waals surface area contributed by atoms with Crippen molar-refractivity contribution in [1.82, 2.24) is 5.32 Å². The molecule has 0 aliphatic rings. The van der Waals surface area contributed by atoms with E-state index in [0.29, 0.717) is 6.04 Å². The Kier molecular flexibility index (Phi) is 6.23. The maximum atomic E-state index is 5.03. The fourth-order valence-electron chi connectivity index (χ4n) is 2.23. The Hall–Kier alpha value is -1.36. The molecule has 1 aromatic carbocycles. The molecule has 0 aliphatic carbocycles. The number of aryl methyl sites for hydroxylation is 1. The molecule has 0 bridgehead atoms. The van der Waals surface area contributed by atoms with E-state index in [-0.39, 0.29) is 0 Å².